The van der Waals surface area contributed by atoms with E-state index in [9.17, 15) is 24.9 Å². The van der Waals surface area contributed by atoms with E-state index in [1.165, 1.54) is 0 Å². The van der Waals surface area contributed by atoms with Crippen LogP contribution in [0.3, 0.4) is 0 Å². The van der Waals surface area contributed by atoms with Crippen molar-refractivity contribution >= 4 is 12.3 Å². The topological polar surface area (TPSA) is 135 Å². The molecular formula is C32H57NO9. The number of ether oxygens (including phenoxy) is 4. The molecule has 2 aliphatic rings. The summed E-state index contributed by atoms with van der Waals surface area (Å²) in [5, 5.41) is 34.5. The van der Waals surface area contributed by atoms with E-state index in [1.807, 2.05) is 59.7 Å². The molecule has 42 heavy (non-hydrogen) atoms. The molecule has 0 radical (unpaired) electrons. The van der Waals surface area contributed by atoms with Crippen LogP contribution in [0.15, 0.2) is 11.6 Å². The lowest BCUT2D eigenvalue weighted by Crippen LogP contribution is -2.59. The maximum Gasteiger partial charge on any atom is 0.311 e. The quantitative estimate of drug-likeness (QED) is 0.228. The van der Waals surface area contributed by atoms with Crippen LogP contribution in [0.4, 0.5) is 0 Å². The van der Waals surface area contributed by atoms with Crippen molar-refractivity contribution in [2.24, 2.45) is 23.7 Å². The Bertz CT molecular complexity index is 924. The summed E-state index contributed by atoms with van der Waals surface area (Å²) in [6.45, 7) is 14.5. The predicted octanol–water partition coefficient (Wildman–Crippen LogP) is 3.10. The molecule has 244 valence electrons. The molecule has 2 rings (SSSR count). The van der Waals surface area contributed by atoms with E-state index in [0.717, 1.165) is 11.9 Å². The molecule has 2 heterocycles. The molecule has 0 aromatic rings. The first-order valence-corrected chi connectivity index (χ1v) is 15.4. The highest BCUT2D eigenvalue weighted by Gasteiger charge is 2.50. The van der Waals surface area contributed by atoms with Crippen molar-refractivity contribution in [1.82, 2.24) is 4.90 Å². The highest BCUT2D eigenvalue weighted by molar-refractivity contribution is 5.73. The number of carbonyl (C=O) groups excluding carboxylic acids is 2. The number of aldehydes is 1. The molecule has 0 unspecified atom stereocenters. The highest BCUT2D eigenvalue weighted by atomic mass is 16.7. The van der Waals surface area contributed by atoms with Gasteiger partial charge in [-0.2, -0.15) is 0 Å². The first kappa shape index (κ1) is 36.8. The van der Waals surface area contributed by atoms with Crippen LogP contribution < -0.4 is 0 Å². The molecule has 0 saturated carbocycles. The number of likely N-dealkylation sites (N-methyl/N-ethyl adjacent to an activating group) is 1. The zero-order chi connectivity index (χ0) is 32.2. The first-order valence-electron chi connectivity index (χ1n) is 15.4. The van der Waals surface area contributed by atoms with Gasteiger partial charge in [0.2, 0.25) is 0 Å². The molecule has 13 atom stereocenters. The largest absolute Gasteiger partial charge is 0.459 e. The van der Waals surface area contributed by atoms with Crippen LogP contribution in [0, 0.1) is 23.7 Å². The number of methoxy groups -OCH3 is 1. The third-order valence-corrected chi connectivity index (χ3v) is 9.67. The van der Waals surface area contributed by atoms with Crippen molar-refractivity contribution in [1.29, 1.82) is 0 Å². The lowest BCUT2D eigenvalue weighted by molar-refractivity contribution is -0.301. The van der Waals surface area contributed by atoms with Gasteiger partial charge in [-0.3, -0.25) is 4.79 Å². The molecular weight excluding hydrogens is 542 g/mol. The maximum absolute atomic E-state index is 13.4. The van der Waals surface area contributed by atoms with Gasteiger partial charge in [-0.1, -0.05) is 32.4 Å². The fraction of sp³-hybridized carbons (Fsp3) is 0.875. The van der Waals surface area contributed by atoms with Gasteiger partial charge in [0.15, 0.2) is 6.29 Å². The minimum absolute atomic E-state index is 0.0563. The van der Waals surface area contributed by atoms with Gasteiger partial charge in [0.1, 0.15) is 24.1 Å². The monoisotopic (exact) mass is 599 g/mol. The average Bonchev–Trinajstić information content (AvgIpc) is 2.92. The Morgan fingerprint density at radius 1 is 1.14 bits per heavy atom. The number of nitrogens with zero attached hydrogens (tertiary/aromatic N) is 1. The second-order valence-electron chi connectivity index (χ2n) is 13.4. The van der Waals surface area contributed by atoms with Crippen LogP contribution in [-0.2, 0) is 28.5 Å². The van der Waals surface area contributed by atoms with E-state index >= 15 is 0 Å². The third kappa shape index (κ3) is 8.20. The van der Waals surface area contributed by atoms with Gasteiger partial charge in [-0.15, -0.1) is 0 Å². The number of esters is 1. The molecule has 0 aromatic heterocycles. The molecule has 3 N–H and O–H groups in total. The lowest BCUT2D eigenvalue weighted by Gasteiger charge is -2.48. The number of hydrogen-bond donors (Lipinski definition) is 3. The van der Waals surface area contributed by atoms with Crippen LogP contribution in [0.5, 0.6) is 0 Å². The lowest BCUT2D eigenvalue weighted by atomic mass is 9.74. The van der Waals surface area contributed by atoms with Crippen molar-refractivity contribution in [3.05, 3.63) is 11.6 Å². The van der Waals surface area contributed by atoms with Crippen LogP contribution in [0.1, 0.15) is 81.1 Å². The normalized spacial score (nSPS) is 45.9. The summed E-state index contributed by atoms with van der Waals surface area (Å²) in [4.78, 5) is 27.1. The third-order valence-electron chi connectivity index (χ3n) is 9.67. The summed E-state index contributed by atoms with van der Waals surface area (Å²) >= 11 is 0. The zero-order valence-electron chi connectivity index (χ0n) is 27.6. The van der Waals surface area contributed by atoms with Crippen LogP contribution in [0.25, 0.3) is 0 Å². The van der Waals surface area contributed by atoms with E-state index in [0.29, 0.717) is 19.3 Å². The molecule has 0 spiro atoms. The Morgan fingerprint density at radius 2 is 1.76 bits per heavy atom. The Hall–Kier alpha value is -1.40. The molecule has 1 fully saturated rings. The zero-order valence-corrected chi connectivity index (χ0v) is 27.6. The molecule has 10 nitrogen and oxygen atoms in total. The molecule has 0 aliphatic carbocycles. The van der Waals surface area contributed by atoms with Gasteiger partial charge >= 0.3 is 5.97 Å². The standard InChI is InChI=1S/C32H57NO9/c1-12-25-32(8,38)23(13-14-34)19(3)15-18(2)17-31(7,39-11)28(21(5)26(35)22(6)29(37)41-25)42-30-27(36)24(33(9)10)16-20(4)40-30/h14-15,18,20-28,30,35-36,38H,12-13,16-17H2,1-11H3/b19-15-/t18-,20+,21-,22+,23+,24-,25+,26+,27+,28+,30-,31+,32-/m0/s1. The summed E-state index contributed by atoms with van der Waals surface area (Å²) in [7, 11) is 5.38. The second kappa shape index (κ2) is 15.1. The minimum atomic E-state index is -1.52. The summed E-state index contributed by atoms with van der Waals surface area (Å²) in [6, 6.07) is -0.196. The van der Waals surface area contributed by atoms with Crippen molar-refractivity contribution in [3.63, 3.8) is 0 Å². The van der Waals surface area contributed by atoms with Gasteiger partial charge in [-0.05, 0) is 73.9 Å². The Labute approximate surface area is 252 Å². The number of aliphatic hydroxyl groups excluding tert-OH is 2. The summed E-state index contributed by atoms with van der Waals surface area (Å²) in [5.74, 6) is -2.96. The van der Waals surface area contributed by atoms with Crippen molar-refractivity contribution in [3.8, 4) is 0 Å². The van der Waals surface area contributed by atoms with E-state index in [2.05, 4.69) is 0 Å². The molecule has 1 saturated heterocycles. The number of allylic oxidation sites excluding steroid dienone is 1. The van der Waals surface area contributed by atoms with E-state index in [4.69, 9.17) is 18.9 Å². The Kier molecular flexibility index (Phi) is 13.2. The van der Waals surface area contributed by atoms with E-state index in [-0.39, 0.29) is 24.5 Å². The van der Waals surface area contributed by atoms with Gasteiger partial charge in [-0.25, -0.2) is 0 Å². The SMILES string of the molecule is CC[C@H]1OC(=O)[C@H](C)[C@H](O)[C@H](C)[C@@H](O[C@@H]2O[C@H](C)C[C@H](N(C)C)[C@H]2O)[C@](C)(OC)C[C@@H](C)/C=C(/C)[C@@H](CC=O)[C@]1(C)O. The van der Waals surface area contributed by atoms with Crippen LogP contribution in [-0.4, -0.2) is 108 Å². The fourth-order valence-corrected chi connectivity index (χ4v) is 7.05. The van der Waals surface area contributed by atoms with Crippen molar-refractivity contribution in [2.45, 2.75) is 135 Å². The number of rotatable bonds is 7. The maximum atomic E-state index is 13.4. The van der Waals surface area contributed by atoms with Gasteiger partial charge in [0, 0.05) is 31.4 Å². The Morgan fingerprint density at radius 3 is 2.29 bits per heavy atom. The smallest absolute Gasteiger partial charge is 0.311 e. The van der Waals surface area contributed by atoms with Crippen LogP contribution >= 0.6 is 0 Å². The van der Waals surface area contributed by atoms with E-state index < -0.39 is 65.6 Å². The second-order valence-corrected chi connectivity index (χ2v) is 13.4. The van der Waals surface area contributed by atoms with Gasteiger partial charge < -0.3 is 44.0 Å². The van der Waals surface area contributed by atoms with Crippen LogP contribution in [0.2, 0.25) is 0 Å². The number of hydrogen-bond acceptors (Lipinski definition) is 10. The van der Waals surface area contributed by atoms with E-state index in [1.54, 1.807) is 27.9 Å². The Balaban J connectivity index is 2.65. The number of aliphatic hydroxyl groups is 3. The van der Waals surface area contributed by atoms with Crippen molar-refractivity contribution < 1.29 is 43.9 Å². The molecule has 2 aliphatic heterocycles. The number of cyclic esters (lactones) is 1. The minimum Gasteiger partial charge on any atom is -0.459 e. The molecule has 10 heteroatoms. The molecule has 0 bridgehead atoms. The summed E-state index contributed by atoms with van der Waals surface area (Å²) in [6.07, 6.45) is -0.765. The molecule has 0 amide bonds. The van der Waals surface area contributed by atoms with Crippen molar-refractivity contribution in [2.75, 3.05) is 21.2 Å². The van der Waals surface area contributed by atoms with Gasteiger partial charge in [0.05, 0.1) is 29.8 Å². The highest BCUT2D eigenvalue weighted by Crippen LogP contribution is 2.40. The summed E-state index contributed by atoms with van der Waals surface area (Å²) < 4.78 is 24.7. The number of carbonyl (C=O) groups is 2. The fourth-order valence-electron chi connectivity index (χ4n) is 7.05. The predicted molar refractivity (Wildman–Crippen MR) is 160 cm³/mol. The summed E-state index contributed by atoms with van der Waals surface area (Å²) in [5.41, 5.74) is -1.70. The first-order chi connectivity index (χ1) is 19.4. The van der Waals surface area contributed by atoms with Gasteiger partial charge in [0.25, 0.3) is 0 Å². The molecule has 0 aromatic carbocycles. The average molecular weight is 600 g/mol.